The minimum atomic E-state index is 0.509. The van der Waals surface area contributed by atoms with Crippen LogP contribution in [0.2, 0.25) is 0 Å². The Balaban J connectivity index is 2.28. The average molecular weight is 263 g/mol. The van der Waals surface area contributed by atoms with Crippen molar-refractivity contribution in [2.45, 2.75) is 39.3 Å². The zero-order valence-corrected chi connectivity index (χ0v) is 12.2. The number of ether oxygens (including phenoxy) is 1. The number of aromatic nitrogens is 1. The number of rotatable bonds is 7. The number of hydrogen-bond donors (Lipinski definition) is 1. The van der Waals surface area contributed by atoms with E-state index in [2.05, 4.69) is 23.7 Å². The maximum Gasteiger partial charge on any atom is 0.133 e. The van der Waals surface area contributed by atoms with Crippen molar-refractivity contribution < 1.29 is 4.74 Å². The van der Waals surface area contributed by atoms with Gasteiger partial charge >= 0.3 is 0 Å². The molecule has 1 aliphatic carbocycles. The molecule has 19 heavy (non-hydrogen) atoms. The van der Waals surface area contributed by atoms with Gasteiger partial charge in [0, 0.05) is 38.0 Å². The van der Waals surface area contributed by atoms with Crippen LogP contribution in [0.15, 0.2) is 12.3 Å². The molecular formula is C15H25N3O. The largest absolute Gasteiger partial charge is 0.383 e. The Morgan fingerprint density at radius 3 is 2.84 bits per heavy atom. The number of nitrogens with two attached hydrogens (primary N) is 1. The second kappa shape index (κ2) is 6.35. The highest BCUT2D eigenvalue weighted by molar-refractivity contribution is 5.51. The number of nitrogens with zero attached hydrogens (tertiary/aromatic N) is 2. The van der Waals surface area contributed by atoms with Gasteiger partial charge in [0.15, 0.2) is 0 Å². The molecule has 1 atom stereocenters. The highest BCUT2D eigenvalue weighted by Gasteiger charge is 2.33. The lowest BCUT2D eigenvalue weighted by Gasteiger charge is -2.32. The van der Waals surface area contributed by atoms with Crippen molar-refractivity contribution in [1.29, 1.82) is 0 Å². The third-order valence-electron chi connectivity index (χ3n) is 4.08. The molecule has 2 rings (SSSR count). The maximum atomic E-state index is 5.91. The van der Waals surface area contributed by atoms with Gasteiger partial charge in [0.2, 0.25) is 0 Å². The molecule has 4 nitrogen and oxygen atoms in total. The number of anilines is 1. The highest BCUT2D eigenvalue weighted by Crippen LogP contribution is 2.37. The molecule has 0 aromatic carbocycles. The lowest BCUT2D eigenvalue weighted by molar-refractivity contribution is 0.202. The van der Waals surface area contributed by atoms with Crippen LogP contribution in [0.25, 0.3) is 0 Å². The lowest BCUT2D eigenvalue weighted by Crippen LogP contribution is -2.38. The van der Waals surface area contributed by atoms with E-state index in [9.17, 15) is 0 Å². The lowest BCUT2D eigenvalue weighted by atomic mass is 10.1. The SMILES string of the molecule is COCCN(c1nccc(C)c1CN)C(C)C1CC1. The molecule has 106 valence electrons. The number of methoxy groups -OCH3 is 1. The van der Waals surface area contributed by atoms with E-state index in [-0.39, 0.29) is 0 Å². The molecule has 1 unspecified atom stereocenters. The predicted molar refractivity (Wildman–Crippen MR) is 78.3 cm³/mol. The van der Waals surface area contributed by atoms with E-state index < -0.39 is 0 Å². The number of pyridine rings is 1. The first kappa shape index (κ1) is 14.3. The van der Waals surface area contributed by atoms with Crippen LogP contribution in [0.5, 0.6) is 0 Å². The summed E-state index contributed by atoms with van der Waals surface area (Å²) < 4.78 is 5.25. The Morgan fingerprint density at radius 2 is 2.26 bits per heavy atom. The zero-order chi connectivity index (χ0) is 13.8. The van der Waals surface area contributed by atoms with Gasteiger partial charge in [-0.1, -0.05) is 0 Å². The van der Waals surface area contributed by atoms with Crippen LogP contribution >= 0.6 is 0 Å². The molecule has 1 heterocycles. The van der Waals surface area contributed by atoms with Gasteiger partial charge in [-0.25, -0.2) is 4.98 Å². The molecular weight excluding hydrogens is 238 g/mol. The van der Waals surface area contributed by atoms with Crippen molar-refractivity contribution in [2.24, 2.45) is 11.7 Å². The van der Waals surface area contributed by atoms with Crippen LogP contribution in [0, 0.1) is 12.8 Å². The fraction of sp³-hybridized carbons (Fsp3) is 0.667. The Labute approximate surface area is 116 Å². The summed E-state index contributed by atoms with van der Waals surface area (Å²) in [5.74, 6) is 1.84. The predicted octanol–water partition coefficient (Wildman–Crippen LogP) is 2.10. The van der Waals surface area contributed by atoms with E-state index in [4.69, 9.17) is 10.5 Å². The van der Waals surface area contributed by atoms with E-state index in [0.29, 0.717) is 12.6 Å². The average Bonchev–Trinajstić information content (AvgIpc) is 3.23. The Kier molecular flexibility index (Phi) is 4.77. The molecule has 0 bridgehead atoms. The third kappa shape index (κ3) is 3.25. The van der Waals surface area contributed by atoms with E-state index >= 15 is 0 Å². The summed E-state index contributed by atoms with van der Waals surface area (Å²) in [5, 5.41) is 0. The van der Waals surface area contributed by atoms with Crippen LogP contribution in [0.4, 0.5) is 5.82 Å². The summed E-state index contributed by atoms with van der Waals surface area (Å²) in [6.07, 6.45) is 4.53. The molecule has 1 fully saturated rings. The number of hydrogen-bond acceptors (Lipinski definition) is 4. The molecule has 0 radical (unpaired) electrons. The zero-order valence-electron chi connectivity index (χ0n) is 12.2. The molecule has 1 aromatic rings. The molecule has 1 aromatic heterocycles. The first-order valence-corrected chi connectivity index (χ1v) is 7.09. The molecule has 1 saturated carbocycles. The molecule has 0 spiro atoms. The van der Waals surface area contributed by atoms with Gasteiger partial charge < -0.3 is 15.4 Å². The van der Waals surface area contributed by atoms with Gasteiger partial charge in [0.05, 0.1) is 6.61 Å². The topological polar surface area (TPSA) is 51.4 Å². The molecule has 2 N–H and O–H groups in total. The maximum absolute atomic E-state index is 5.91. The summed E-state index contributed by atoms with van der Waals surface area (Å²) in [7, 11) is 1.74. The van der Waals surface area contributed by atoms with E-state index in [1.54, 1.807) is 7.11 Å². The van der Waals surface area contributed by atoms with E-state index in [1.165, 1.54) is 18.4 Å². The summed E-state index contributed by atoms with van der Waals surface area (Å²) in [5.41, 5.74) is 8.29. The van der Waals surface area contributed by atoms with Crippen molar-refractivity contribution in [1.82, 2.24) is 4.98 Å². The summed E-state index contributed by atoms with van der Waals surface area (Å²) in [4.78, 5) is 6.96. The van der Waals surface area contributed by atoms with E-state index in [1.807, 2.05) is 12.3 Å². The summed E-state index contributed by atoms with van der Waals surface area (Å²) in [6, 6.07) is 2.54. The van der Waals surface area contributed by atoms with Crippen LogP contribution in [0.1, 0.15) is 30.9 Å². The van der Waals surface area contributed by atoms with E-state index in [0.717, 1.165) is 30.5 Å². The standard InChI is InChI=1S/C15H25N3O/c1-11-6-7-17-15(14(11)10-16)18(8-9-19-3)12(2)13-4-5-13/h6-7,12-13H,4-5,8-10,16H2,1-3H3. The second-order valence-corrected chi connectivity index (χ2v) is 5.40. The fourth-order valence-electron chi connectivity index (χ4n) is 2.60. The Hall–Kier alpha value is -1.13. The minimum Gasteiger partial charge on any atom is -0.383 e. The van der Waals surface area contributed by atoms with Crippen LogP contribution in [-0.2, 0) is 11.3 Å². The van der Waals surface area contributed by atoms with Gasteiger partial charge in [-0.15, -0.1) is 0 Å². The first-order valence-electron chi connectivity index (χ1n) is 7.09. The van der Waals surface area contributed by atoms with Crippen LogP contribution < -0.4 is 10.6 Å². The molecule has 0 amide bonds. The summed E-state index contributed by atoms with van der Waals surface area (Å²) in [6.45, 7) is 6.52. The van der Waals surface area contributed by atoms with Gasteiger partial charge in [0.1, 0.15) is 5.82 Å². The van der Waals surface area contributed by atoms with Gasteiger partial charge in [-0.2, -0.15) is 0 Å². The van der Waals surface area contributed by atoms with Crippen molar-refractivity contribution in [3.05, 3.63) is 23.4 Å². The Bertz CT molecular complexity index is 418. The normalized spacial score (nSPS) is 16.4. The second-order valence-electron chi connectivity index (χ2n) is 5.40. The van der Waals surface area contributed by atoms with Crippen molar-refractivity contribution >= 4 is 5.82 Å². The first-order chi connectivity index (χ1) is 9.19. The quantitative estimate of drug-likeness (QED) is 0.818. The highest BCUT2D eigenvalue weighted by atomic mass is 16.5. The van der Waals surface area contributed by atoms with Gasteiger partial charge in [-0.3, -0.25) is 0 Å². The molecule has 1 aliphatic rings. The van der Waals surface area contributed by atoms with Gasteiger partial charge in [-0.05, 0) is 44.2 Å². The smallest absolute Gasteiger partial charge is 0.133 e. The third-order valence-corrected chi connectivity index (χ3v) is 4.08. The fourth-order valence-corrected chi connectivity index (χ4v) is 2.60. The molecule has 0 aliphatic heterocycles. The van der Waals surface area contributed by atoms with Crippen molar-refractivity contribution in [3.8, 4) is 0 Å². The summed E-state index contributed by atoms with van der Waals surface area (Å²) >= 11 is 0. The Morgan fingerprint density at radius 1 is 1.53 bits per heavy atom. The molecule has 0 saturated heterocycles. The van der Waals surface area contributed by atoms with Crippen LogP contribution in [0.3, 0.4) is 0 Å². The van der Waals surface area contributed by atoms with Crippen molar-refractivity contribution in [3.63, 3.8) is 0 Å². The minimum absolute atomic E-state index is 0.509. The van der Waals surface area contributed by atoms with Crippen molar-refractivity contribution in [2.75, 3.05) is 25.2 Å². The van der Waals surface area contributed by atoms with Gasteiger partial charge in [0.25, 0.3) is 0 Å². The number of aryl methyl sites for hydroxylation is 1. The molecule has 4 heteroatoms. The monoisotopic (exact) mass is 263 g/mol. The van der Waals surface area contributed by atoms with Crippen LogP contribution in [-0.4, -0.2) is 31.3 Å².